The number of nitrogens with one attached hydrogen (secondary N) is 3. The molecule has 5 heterocycles. The number of aliphatic hydroxyl groups is 1. The van der Waals surface area contributed by atoms with Crippen molar-refractivity contribution in [2.45, 2.75) is 78.5 Å². The van der Waals surface area contributed by atoms with Crippen molar-refractivity contribution < 1.29 is 38.1 Å². The lowest BCUT2D eigenvalue weighted by Crippen LogP contribution is -2.55. The molecule has 4 N–H and O–H groups in total. The molecule has 18 heteroatoms. The van der Waals surface area contributed by atoms with E-state index in [-0.39, 0.29) is 36.1 Å². The first-order valence-corrected chi connectivity index (χ1v) is 28.0. The second-order valence-corrected chi connectivity index (χ2v) is 23.4. The number of hydrogen-bond acceptors (Lipinski definition) is 13. The highest BCUT2D eigenvalue weighted by molar-refractivity contribution is 7.13. The Morgan fingerprint density at radius 1 is 0.833 bits per heavy atom. The first kappa shape index (κ1) is 54.4. The van der Waals surface area contributed by atoms with E-state index in [9.17, 15) is 28.7 Å². The highest BCUT2D eigenvalue weighted by Gasteiger charge is 2.56. The lowest BCUT2D eigenvalue weighted by atomic mass is 9.79. The van der Waals surface area contributed by atoms with Crippen LogP contribution in [0.3, 0.4) is 0 Å². The monoisotopic (exact) mass is 1080 g/mol. The third kappa shape index (κ3) is 12.3. The average molecular weight is 1080 g/mol. The summed E-state index contributed by atoms with van der Waals surface area (Å²) in [6, 6.07) is 25.7. The Labute approximate surface area is 459 Å². The Kier molecular flexibility index (Phi) is 16.1. The van der Waals surface area contributed by atoms with Crippen LogP contribution in [0.15, 0.2) is 103 Å². The number of anilines is 3. The minimum absolute atomic E-state index is 0.0731. The summed E-state index contributed by atoms with van der Waals surface area (Å²) >= 11 is 1.60. The van der Waals surface area contributed by atoms with Crippen molar-refractivity contribution in [1.82, 2.24) is 30.0 Å². The van der Waals surface area contributed by atoms with Gasteiger partial charge in [0.1, 0.15) is 34.5 Å². The van der Waals surface area contributed by atoms with Gasteiger partial charge in [-0.2, -0.15) is 0 Å². The summed E-state index contributed by atoms with van der Waals surface area (Å²) in [5.41, 5.74) is 6.06. The zero-order chi connectivity index (χ0) is 54.7. The van der Waals surface area contributed by atoms with Gasteiger partial charge in [-0.15, -0.1) is 11.3 Å². The van der Waals surface area contributed by atoms with Crippen LogP contribution < -0.4 is 30.3 Å². The molecular weight excluding hydrogens is 1010 g/mol. The van der Waals surface area contributed by atoms with Crippen molar-refractivity contribution in [3.05, 3.63) is 120 Å². The molecule has 78 heavy (non-hydrogen) atoms. The number of methoxy groups -OCH3 is 1. The number of β-amino-alcohol motifs (C(OH)–C–C–N with tert-alkyl or cyclic N) is 1. The predicted molar refractivity (Wildman–Crippen MR) is 301 cm³/mol. The van der Waals surface area contributed by atoms with Crippen molar-refractivity contribution in [3.8, 4) is 27.7 Å². The fraction of sp³-hybridized carbons (Fsp3) is 0.433. The molecule has 4 fully saturated rings. The number of aryl methyl sites for hydroxylation is 1. The first-order valence-electron chi connectivity index (χ1n) is 27.1. The maximum Gasteiger partial charge on any atom is 0.243 e. The average Bonchev–Trinajstić information content (AvgIpc) is 4.15. The largest absolute Gasteiger partial charge is 0.495 e. The van der Waals surface area contributed by atoms with Gasteiger partial charge in [0.2, 0.25) is 23.6 Å². The Morgan fingerprint density at radius 3 is 2.10 bits per heavy atom. The molecule has 4 aromatic carbocycles. The number of benzene rings is 4. The molecule has 3 aliphatic heterocycles. The number of ether oxygens (including phenoxy) is 2. The minimum atomic E-state index is -1.18. The number of thiazole rings is 1. The predicted octanol–water partition coefficient (Wildman–Crippen LogP) is 8.74. The molecule has 0 unspecified atom stereocenters. The van der Waals surface area contributed by atoms with Crippen LogP contribution in [0.2, 0.25) is 0 Å². The number of piperidine rings is 1. The van der Waals surface area contributed by atoms with Crippen LogP contribution in [0, 0.1) is 35.4 Å². The van der Waals surface area contributed by atoms with Crippen LogP contribution in [0.1, 0.15) is 64.1 Å². The Bertz CT molecular complexity index is 3110. The number of halogens is 1. The van der Waals surface area contributed by atoms with Crippen LogP contribution >= 0.6 is 11.3 Å². The molecule has 1 aliphatic carbocycles. The van der Waals surface area contributed by atoms with Gasteiger partial charge in [-0.3, -0.25) is 29.1 Å². The fourth-order valence-corrected chi connectivity index (χ4v) is 11.9. The Hall–Kier alpha value is -6.99. The van der Waals surface area contributed by atoms with Crippen molar-refractivity contribution in [2.75, 3.05) is 81.5 Å². The van der Waals surface area contributed by atoms with Crippen molar-refractivity contribution in [2.24, 2.45) is 22.7 Å². The van der Waals surface area contributed by atoms with E-state index in [2.05, 4.69) is 62.5 Å². The van der Waals surface area contributed by atoms with Crippen LogP contribution in [0.4, 0.5) is 21.5 Å². The fourth-order valence-electron chi connectivity index (χ4n) is 11.1. The van der Waals surface area contributed by atoms with E-state index < -0.39 is 35.2 Å². The van der Waals surface area contributed by atoms with Gasteiger partial charge in [0, 0.05) is 94.8 Å². The van der Waals surface area contributed by atoms with Crippen LogP contribution in [-0.4, -0.2) is 132 Å². The maximum atomic E-state index is 14.5. The summed E-state index contributed by atoms with van der Waals surface area (Å²) in [5, 5.41) is 20.3. The normalized spacial score (nSPS) is 19.3. The lowest BCUT2D eigenvalue weighted by Gasteiger charge is -2.42. The molecule has 16 nitrogen and oxygen atoms in total. The SMILES string of the molecule is COc1cc2c(Oc3ccc(NC(=O)C4(C(=O)Nc5ccc(F)cc5)CC4)cc3)ccnc2cc1N1CCC(CN2CCN(C[C@H](C(=O)N3C[C@H](O)C[C@H]3C(=O)NCc3ccc(-c4scnc4C)cc3)C(C)(C)C)CC2)CC1. The summed E-state index contributed by atoms with van der Waals surface area (Å²) in [6.45, 7) is 15.7. The van der Waals surface area contributed by atoms with E-state index in [4.69, 9.17) is 14.5 Å². The number of aliphatic hydroxyl groups excluding tert-OH is 1. The molecule has 0 radical (unpaired) electrons. The molecule has 0 spiro atoms. The van der Waals surface area contributed by atoms with E-state index in [0.717, 1.165) is 103 Å². The minimum Gasteiger partial charge on any atom is -0.495 e. The number of piperazine rings is 1. The van der Waals surface area contributed by atoms with E-state index in [0.29, 0.717) is 54.7 Å². The number of amides is 4. The van der Waals surface area contributed by atoms with Crippen LogP contribution in [-0.2, 0) is 25.7 Å². The third-order valence-corrected chi connectivity index (χ3v) is 17.1. The number of carbonyl (C=O) groups excluding carboxylic acids is 4. The zero-order valence-corrected chi connectivity index (χ0v) is 45.9. The molecule has 3 atom stereocenters. The van der Waals surface area contributed by atoms with Gasteiger partial charge in [0.15, 0.2) is 0 Å². The molecule has 1 saturated carbocycles. The van der Waals surface area contributed by atoms with E-state index in [1.165, 1.54) is 24.3 Å². The summed E-state index contributed by atoms with van der Waals surface area (Å²) < 4.78 is 25.7. The van der Waals surface area contributed by atoms with Gasteiger partial charge in [0.25, 0.3) is 0 Å². The van der Waals surface area contributed by atoms with E-state index in [1.54, 1.807) is 53.8 Å². The standard InChI is InChI=1S/C60H70FN9O7S/c1-38-54(78-37-64-38)41-8-6-39(7-9-41)33-63-55(72)51-30-45(71)35-70(51)56(73)48(59(2,3)4)36-68-28-26-67(27-29-68)34-40-19-24-69(25-20-40)50-32-49-47(31-53(50)76-5)52(18-23-62-49)77-46-16-14-44(15-17-46)66-58(75)60(21-22-60)57(74)65-43-12-10-42(61)11-13-43/h6-18,23,31-32,37,40,45,48,51,71H,19-22,24-30,33-36H2,1-5H3,(H,63,72)(H,65,74)(H,66,75)/t45-,48-,51+/m1/s1. The molecule has 4 aliphatic rings. The highest BCUT2D eigenvalue weighted by atomic mass is 32.1. The second kappa shape index (κ2) is 23.1. The maximum absolute atomic E-state index is 14.5. The molecule has 10 rings (SSSR count). The third-order valence-electron chi connectivity index (χ3n) is 16.1. The number of aromatic nitrogens is 2. The number of fused-ring (bicyclic) bond motifs is 1. The Balaban J connectivity index is 0.688. The summed E-state index contributed by atoms with van der Waals surface area (Å²) in [7, 11) is 1.68. The second-order valence-electron chi connectivity index (χ2n) is 22.5. The topological polar surface area (TPSA) is 182 Å². The van der Waals surface area contributed by atoms with Crippen molar-refractivity contribution >= 4 is 62.9 Å². The van der Waals surface area contributed by atoms with Gasteiger partial charge in [-0.05, 0) is 122 Å². The molecule has 6 aromatic rings. The highest BCUT2D eigenvalue weighted by Crippen LogP contribution is 2.48. The molecule has 410 valence electrons. The molecule has 0 bridgehead atoms. The molecule has 4 amide bonds. The van der Waals surface area contributed by atoms with Crippen LogP contribution in [0.5, 0.6) is 17.2 Å². The summed E-state index contributed by atoms with van der Waals surface area (Å²) in [4.78, 5) is 73.7. The van der Waals surface area contributed by atoms with Crippen molar-refractivity contribution in [1.29, 1.82) is 0 Å². The van der Waals surface area contributed by atoms with Gasteiger partial charge >= 0.3 is 0 Å². The van der Waals surface area contributed by atoms with Gasteiger partial charge in [-0.1, -0.05) is 45.0 Å². The van der Waals surface area contributed by atoms with Gasteiger partial charge in [0.05, 0.1) is 46.4 Å². The molecular formula is C60H70FN9O7S. The molecule has 2 aromatic heterocycles. The lowest BCUT2D eigenvalue weighted by molar-refractivity contribution is -0.145. The summed E-state index contributed by atoms with van der Waals surface area (Å²) in [5.74, 6) is 0.550. The molecule has 3 saturated heterocycles. The first-order chi connectivity index (χ1) is 37.5. The zero-order valence-electron chi connectivity index (χ0n) is 45.1. The summed E-state index contributed by atoms with van der Waals surface area (Å²) in [6.07, 6.45) is 4.11. The number of pyridine rings is 1. The van der Waals surface area contributed by atoms with Gasteiger partial charge < -0.3 is 45.2 Å². The van der Waals surface area contributed by atoms with Crippen molar-refractivity contribution in [3.63, 3.8) is 0 Å². The number of rotatable bonds is 17. The number of hydrogen-bond donors (Lipinski definition) is 4. The van der Waals surface area contributed by atoms with E-state index >= 15 is 0 Å². The van der Waals surface area contributed by atoms with Gasteiger partial charge in [-0.25, -0.2) is 9.37 Å². The number of carbonyl (C=O) groups is 4. The Morgan fingerprint density at radius 2 is 1.49 bits per heavy atom. The number of nitrogens with zero attached hydrogens (tertiary/aromatic N) is 6. The quantitative estimate of drug-likeness (QED) is 0.0639. The van der Waals surface area contributed by atoms with E-state index in [1.807, 2.05) is 48.8 Å². The number of likely N-dealkylation sites (tertiary alicyclic amines) is 1. The smallest absolute Gasteiger partial charge is 0.243 e. The van der Waals surface area contributed by atoms with Crippen LogP contribution in [0.25, 0.3) is 21.3 Å².